The number of carbonyl (C=O) groups is 2. The standard InChI is InChI=1S/C22H25O9P/c1-15(2)31-32(25,26)14-28-18-13-27-22(30-21(24)17-11-7-4-8-12-17)19(18)29-20(23)16-9-5-3-6-10-16/h3-12,15,18-19,22H,13-14H2,1-2H3,(H,25,26)/t18-,19+,22?/m0/s1. The maximum atomic E-state index is 12.6. The molecule has 4 atom stereocenters. The Bertz CT molecular complexity index is 948. The van der Waals surface area contributed by atoms with E-state index in [1.54, 1.807) is 74.5 Å². The third-order valence-electron chi connectivity index (χ3n) is 4.37. The molecular formula is C22H25O9P. The molecule has 1 aliphatic heterocycles. The first-order chi connectivity index (χ1) is 15.2. The molecule has 32 heavy (non-hydrogen) atoms. The minimum Gasteiger partial charge on any atom is -0.449 e. The largest absolute Gasteiger partial charge is 0.449 e. The van der Waals surface area contributed by atoms with Crippen molar-refractivity contribution in [2.75, 3.05) is 13.0 Å². The van der Waals surface area contributed by atoms with Crippen molar-refractivity contribution in [3.63, 3.8) is 0 Å². The summed E-state index contributed by atoms with van der Waals surface area (Å²) in [6.45, 7) is 3.11. The van der Waals surface area contributed by atoms with E-state index in [1.807, 2.05) is 0 Å². The van der Waals surface area contributed by atoms with Crippen molar-refractivity contribution in [3.8, 4) is 0 Å². The van der Waals surface area contributed by atoms with Gasteiger partial charge in [-0.15, -0.1) is 0 Å². The summed E-state index contributed by atoms with van der Waals surface area (Å²) in [5, 5.41) is 0. The van der Waals surface area contributed by atoms with Crippen molar-refractivity contribution in [3.05, 3.63) is 71.8 Å². The molecule has 0 spiro atoms. The minimum absolute atomic E-state index is 0.124. The van der Waals surface area contributed by atoms with Crippen LogP contribution >= 0.6 is 7.60 Å². The summed E-state index contributed by atoms with van der Waals surface area (Å²) in [5.41, 5.74) is 0.570. The van der Waals surface area contributed by atoms with Crippen LogP contribution in [0.5, 0.6) is 0 Å². The van der Waals surface area contributed by atoms with Gasteiger partial charge in [-0.05, 0) is 38.1 Å². The van der Waals surface area contributed by atoms with Crippen molar-refractivity contribution in [1.29, 1.82) is 0 Å². The van der Waals surface area contributed by atoms with Gasteiger partial charge < -0.3 is 28.4 Å². The lowest BCUT2D eigenvalue weighted by molar-refractivity contribution is -0.126. The van der Waals surface area contributed by atoms with Gasteiger partial charge >= 0.3 is 19.5 Å². The van der Waals surface area contributed by atoms with Crippen molar-refractivity contribution in [2.45, 2.75) is 38.4 Å². The van der Waals surface area contributed by atoms with E-state index in [0.717, 1.165) is 0 Å². The van der Waals surface area contributed by atoms with Gasteiger partial charge in [-0.25, -0.2) is 9.59 Å². The highest BCUT2D eigenvalue weighted by Crippen LogP contribution is 2.44. The Labute approximate surface area is 185 Å². The molecule has 1 N–H and O–H groups in total. The molecule has 2 unspecified atom stereocenters. The number of benzene rings is 2. The Morgan fingerprint density at radius 1 is 1.00 bits per heavy atom. The average molecular weight is 464 g/mol. The fourth-order valence-corrected chi connectivity index (χ4v) is 4.09. The van der Waals surface area contributed by atoms with Crippen LogP contribution in [0.1, 0.15) is 34.6 Å². The predicted octanol–water partition coefficient (Wildman–Crippen LogP) is 3.38. The first-order valence-electron chi connectivity index (χ1n) is 10.0. The number of ether oxygens (including phenoxy) is 4. The van der Waals surface area contributed by atoms with Crippen LogP contribution in [-0.4, -0.2) is 54.4 Å². The Balaban J connectivity index is 1.73. The van der Waals surface area contributed by atoms with Gasteiger partial charge in [-0.1, -0.05) is 36.4 Å². The lowest BCUT2D eigenvalue weighted by atomic mass is 10.2. The fraction of sp³-hybridized carbons (Fsp3) is 0.364. The molecule has 0 amide bonds. The van der Waals surface area contributed by atoms with E-state index in [2.05, 4.69) is 0 Å². The zero-order valence-corrected chi connectivity index (χ0v) is 18.6. The number of hydrogen-bond acceptors (Lipinski definition) is 8. The summed E-state index contributed by atoms with van der Waals surface area (Å²) >= 11 is 0. The second-order valence-electron chi connectivity index (χ2n) is 7.33. The lowest BCUT2D eigenvalue weighted by Gasteiger charge is -2.24. The molecule has 0 aliphatic carbocycles. The van der Waals surface area contributed by atoms with Gasteiger partial charge in [0, 0.05) is 0 Å². The SMILES string of the molecule is CC(C)OP(=O)(O)CO[C@H]1COC(OC(=O)c2ccccc2)[C@@H]1OC(=O)c1ccccc1. The van der Waals surface area contributed by atoms with Crippen LogP contribution in [0.2, 0.25) is 0 Å². The molecule has 0 aromatic heterocycles. The van der Waals surface area contributed by atoms with E-state index in [4.69, 9.17) is 23.5 Å². The Morgan fingerprint density at radius 2 is 1.53 bits per heavy atom. The summed E-state index contributed by atoms with van der Waals surface area (Å²) in [5.74, 6) is -1.35. The molecule has 0 radical (unpaired) electrons. The molecule has 0 bridgehead atoms. The highest BCUT2D eigenvalue weighted by atomic mass is 31.2. The van der Waals surface area contributed by atoms with Crippen LogP contribution in [0, 0.1) is 0 Å². The first kappa shape index (κ1) is 24.1. The maximum Gasteiger partial charge on any atom is 0.353 e. The molecule has 2 aromatic carbocycles. The molecule has 3 rings (SSSR count). The number of esters is 2. The third-order valence-corrected chi connectivity index (χ3v) is 5.60. The lowest BCUT2D eigenvalue weighted by Crippen LogP contribution is -2.39. The number of carbonyl (C=O) groups excluding carboxylic acids is 2. The molecule has 10 heteroatoms. The summed E-state index contributed by atoms with van der Waals surface area (Å²) in [4.78, 5) is 35.0. The summed E-state index contributed by atoms with van der Waals surface area (Å²) < 4.78 is 39.1. The van der Waals surface area contributed by atoms with Crippen molar-refractivity contribution >= 4 is 19.5 Å². The fourth-order valence-electron chi connectivity index (χ4n) is 2.99. The van der Waals surface area contributed by atoms with Gasteiger partial charge in [0.15, 0.2) is 6.10 Å². The highest BCUT2D eigenvalue weighted by Gasteiger charge is 2.45. The van der Waals surface area contributed by atoms with Crippen LogP contribution in [0.3, 0.4) is 0 Å². The predicted molar refractivity (Wildman–Crippen MR) is 113 cm³/mol. The van der Waals surface area contributed by atoms with Crippen LogP contribution in [0.15, 0.2) is 60.7 Å². The highest BCUT2D eigenvalue weighted by molar-refractivity contribution is 7.52. The molecule has 172 valence electrons. The van der Waals surface area contributed by atoms with Gasteiger partial charge in [-0.2, -0.15) is 0 Å². The first-order valence-corrected chi connectivity index (χ1v) is 11.8. The summed E-state index contributed by atoms with van der Waals surface area (Å²) in [6.07, 6.45) is -4.50. The molecule has 1 fully saturated rings. The van der Waals surface area contributed by atoms with E-state index >= 15 is 0 Å². The third kappa shape index (κ3) is 6.72. The average Bonchev–Trinajstić information content (AvgIpc) is 3.13. The quantitative estimate of drug-likeness (QED) is 0.440. The monoisotopic (exact) mass is 464 g/mol. The molecule has 1 aliphatic rings. The normalized spacial score (nSPS) is 22.3. The molecular weight excluding hydrogens is 439 g/mol. The molecule has 9 nitrogen and oxygen atoms in total. The van der Waals surface area contributed by atoms with E-state index in [1.165, 1.54) is 0 Å². The second-order valence-corrected chi connectivity index (χ2v) is 9.08. The van der Waals surface area contributed by atoms with E-state index < -0.39 is 50.5 Å². The minimum atomic E-state index is -4.04. The topological polar surface area (TPSA) is 118 Å². The van der Waals surface area contributed by atoms with Gasteiger partial charge in [-0.3, -0.25) is 4.57 Å². The zero-order valence-electron chi connectivity index (χ0n) is 17.7. The van der Waals surface area contributed by atoms with Gasteiger partial charge in [0.25, 0.3) is 0 Å². The van der Waals surface area contributed by atoms with Gasteiger partial charge in [0.1, 0.15) is 12.5 Å². The molecule has 1 saturated heterocycles. The Morgan fingerprint density at radius 3 is 2.06 bits per heavy atom. The van der Waals surface area contributed by atoms with Crippen molar-refractivity contribution in [2.24, 2.45) is 0 Å². The number of rotatable bonds is 9. The van der Waals surface area contributed by atoms with E-state index in [-0.39, 0.29) is 12.2 Å². The van der Waals surface area contributed by atoms with Crippen molar-refractivity contribution in [1.82, 2.24) is 0 Å². The van der Waals surface area contributed by atoms with E-state index in [0.29, 0.717) is 5.56 Å². The molecule has 1 heterocycles. The second kappa shape index (κ2) is 10.8. The maximum absolute atomic E-state index is 12.6. The zero-order chi connectivity index (χ0) is 23.1. The summed E-state index contributed by atoms with van der Waals surface area (Å²) in [6, 6.07) is 16.5. The Hall–Kier alpha value is -2.55. The molecule has 2 aromatic rings. The van der Waals surface area contributed by atoms with E-state index in [9.17, 15) is 19.0 Å². The Kier molecular flexibility index (Phi) is 8.17. The van der Waals surface area contributed by atoms with Crippen LogP contribution in [0.25, 0.3) is 0 Å². The summed E-state index contributed by atoms with van der Waals surface area (Å²) in [7, 11) is -4.04. The van der Waals surface area contributed by atoms with Crippen LogP contribution in [-0.2, 0) is 28.0 Å². The van der Waals surface area contributed by atoms with Crippen LogP contribution < -0.4 is 0 Å². The smallest absolute Gasteiger partial charge is 0.353 e. The van der Waals surface area contributed by atoms with Gasteiger partial charge in [0.05, 0.1) is 23.8 Å². The van der Waals surface area contributed by atoms with Crippen LogP contribution in [0.4, 0.5) is 0 Å². The van der Waals surface area contributed by atoms with Gasteiger partial charge in [0.2, 0.25) is 6.29 Å². The molecule has 0 saturated carbocycles. The van der Waals surface area contributed by atoms with Crippen molar-refractivity contribution < 1.29 is 42.5 Å². The number of hydrogen-bond donors (Lipinski definition) is 1.